The average Bonchev–Trinajstić information content (AvgIpc) is 2.73. The Morgan fingerprint density at radius 1 is 1.18 bits per heavy atom. The Morgan fingerprint density at radius 3 is 2.54 bits per heavy atom. The lowest BCUT2D eigenvalue weighted by Crippen LogP contribution is -2.42. The Hall–Kier alpha value is -2.91. The molecule has 146 valence electrons. The van der Waals surface area contributed by atoms with Crippen LogP contribution in [-0.4, -0.2) is 29.1 Å². The number of carbonyl (C=O) groups excluding carboxylic acids is 1. The molecule has 0 aliphatic carbocycles. The maximum absolute atomic E-state index is 12.3. The Kier molecular flexibility index (Phi) is 8.96. The van der Waals surface area contributed by atoms with E-state index in [2.05, 4.69) is 18.3 Å². The zero-order valence-electron chi connectivity index (χ0n) is 16.1. The monoisotopic (exact) mass is 395 g/mol. The third-order valence-corrected chi connectivity index (χ3v) is 4.46. The Morgan fingerprint density at radius 2 is 1.89 bits per heavy atom. The average molecular weight is 396 g/mol. The van der Waals surface area contributed by atoms with Crippen LogP contribution >= 0.6 is 12.2 Å². The zero-order chi connectivity index (χ0) is 20.2. The van der Waals surface area contributed by atoms with Crippen molar-refractivity contribution in [3.63, 3.8) is 0 Å². The fourth-order valence-electron chi connectivity index (χ4n) is 2.52. The quantitative estimate of drug-likeness (QED) is 0.507. The number of ether oxygens (including phenoxy) is 1. The molecule has 0 radical (unpaired) electrons. The lowest BCUT2D eigenvalue weighted by molar-refractivity contribution is 0.0973. The molecule has 5 nitrogen and oxygen atoms in total. The third kappa shape index (κ3) is 7.01. The summed E-state index contributed by atoms with van der Waals surface area (Å²) in [4.78, 5) is 14.2. The minimum atomic E-state index is -0.257. The van der Waals surface area contributed by atoms with Crippen LogP contribution < -0.4 is 10.1 Å². The van der Waals surface area contributed by atoms with Gasteiger partial charge in [-0.1, -0.05) is 43.7 Å². The number of hydrogen-bond donors (Lipinski definition) is 1. The van der Waals surface area contributed by atoms with Crippen LogP contribution in [0.4, 0.5) is 0 Å². The Bertz CT molecular complexity index is 801. The van der Waals surface area contributed by atoms with Gasteiger partial charge in [0.2, 0.25) is 0 Å². The van der Waals surface area contributed by atoms with Crippen LogP contribution in [-0.2, 0) is 6.54 Å². The zero-order valence-corrected chi connectivity index (χ0v) is 16.9. The van der Waals surface area contributed by atoms with Gasteiger partial charge in [-0.15, -0.1) is 0 Å². The van der Waals surface area contributed by atoms with Gasteiger partial charge in [-0.2, -0.15) is 5.26 Å². The molecule has 1 N–H and O–H groups in total. The molecule has 0 unspecified atom stereocenters. The molecule has 0 aromatic heterocycles. The second-order valence-corrected chi connectivity index (χ2v) is 6.69. The summed E-state index contributed by atoms with van der Waals surface area (Å²) in [7, 11) is 0. The van der Waals surface area contributed by atoms with Crippen LogP contribution in [0.5, 0.6) is 5.75 Å². The van der Waals surface area contributed by atoms with Crippen molar-refractivity contribution < 1.29 is 9.53 Å². The Labute approximate surface area is 171 Å². The van der Waals surface area contributed by atoms with E-state index in [4.69, 9.17) is 22.2 Å². The van der Waals surface area contributed by atoms with Crippen LogP contribution in [0, 0.1) is 11.3 Å². The van der Waals surface area contributed by atoms with Crippen molar-refractivity contribution in [3.8, 4) is 11.8 Å². The summed E-state index contributed by atoms with van der Waals surface area (Å²) in [6.07, 6.45) is 2.44. The molecule has 2 rings (SSSR count). The van der Waals surface area contributed by atoms with Gasteiger partial charge in [-0.3, -0.25) is 10.1 Å². The second-order valence-electron chi connectivity index (χ2n) is 6.30. The second kappa shape index (κ2) is 11.7. The van der Waals surface area contributed by atoms with Crippen LogP contribution in [0.1, 0.15) is 42.1 Å². The largest absolute Gasteiger partial charge is 0.494 e. The summed E-state index contributed by atoms with van der Waals surface area (Å²) >= 11 is 5.42. The minimum Gasteiger partial charge on any atom is -0.494 e. The maximum Gasteiger partial charge on any atom is 0.257 e. The van der Waals surface area contributed by atoms with Gasteiger partial charge >= 0.3 is 0 Å². The number of unbranched alkanes of at least 4 members (excludes halogenated alkanes) is 1. The van der Waals surface area contributed by atoms with Crippen molar-refractivity contribution >= 4 is 23.2 Å². The third-order valence-electron chi connectivity index (χ3n) is 4.10. The SMILES string of the molecule is CCCCOc1ccc(CN(CCC#N)C(=S)NC(=O)c2ccccc2)cc1. The lowest BCUT2D eigenvalue weighted by Gasteiger charge is -2.24. The van der Waals surface area contributed by atoms with Crippen LogP contribution in [0.25, 0.3) is 0 Å². The van der Waals surface area contributed by atoms with Crippen LogP contribution in [0.3, 0.4) is 0 Å². The smallest absolute Gasteiger partial charge is 0.257 e. The van der Waals surface area contributed by atoms with Gasteiger partial charge in [0, 0.05) is 18.7 Å². The van der Waals surface area contributed by atoms with Crippen molar-refractivity contribution in [2.24, 2.45) is 0 Å². The maximum atomic E-state index is 12.3. The summed E-state index contributed by atoms with van der Waals surface area (Å²) in [5, 5.41) is 12.0. The summed E-state index contributed by atoms with van der Waals surface area (Å²) in [5.74, 6) is 0.577. The van der Waals surface area contributed by atoms with E-state index < -0.39 is 0 Å². The first-order valence-electron chi connectivity index (χ1n) is 9.38. The van der Waals surface area contributed by atoms with Gasteiger partial charge in [0.25, 0.3) is 5.91 Å². The van der Waals surface area contributed by atoms with E-state index in [1.807, 2.05) is 35.2 Å². The molecule has 0 spiro atoms. The van der Waals surface area contributed by atoms with Crippen LogP contribution in [0.15, 0.2) is 54.6 Å². The van der Waals surface area contributed by atoms with E-state index in [1.165, 1.54) is 0 Å². The highest BCUT2D eigenvalue weighted by molar-refractivity contribution is 7.80. The molecule has 1 amide bonds. The topological polar surface area (TPSA) is 65.4 Å². The molecule has 0 heterocycles. The first-order chi connectivity index (χ1) is 13.6. The van der Waals surface area contributed by atoms with Gasteiger partial charge < -0.3 is 9.64 Å². The standard InChI is InChI=1S/C22H25N3O2S/c1-2-3-16-27-20-12-10-18(11-13-20)17-25(15-7-14-23)22(28)24-21(26)19-8-5-4-6-9-19/h4-6,8-13H,2-3,7,15-17H2,1H3,(H,24,26,28). The van der Waals surface area contributed by atoms with Gasteiger partial charge in [0.1, 0.15) is 5.75 Å². The summed E-state index contributed by atoms with van der Waals surface area (Å²) < 4.78 is 5.68. The molecule has 0 saturated heterocycles. The highest BCUT2D eigenvalue weighted by atomic mass is 32.1. The minimum absolute atomic E-state index is 0.257. The highest BCUT2D eigenvalue weighted by Gasteiger charge is 2.14. The number of nitrogens with one attached hydrogen (secondary N) is 1. The fraction of sp³-hybridized carbons (Fsp3) is 0.318. The normalized spacial score (nSPS) is 10.0. The predicted molar refractivity (Wildman–Crippen MR) is 114 cm³/mol. The van der Waals surface area contributed by atoms with E-state index in [0.29, 0.717) is 36.8 Å². The summed E-state index contributed by atoms with van der Waals surface area (Å²) in [6.45, 7) is 3.78. The van der Waals surface area contributed by atoms with E-state index in [1.54, 1.807) is 24.3 Å². The fourth-order valence-corrected chi connectivity index (χ4v) is 2.77. The van der Waals surface area contributed by atoms with Gasteiger partial charge in [0.05, 0.1) is 19.1 Å². The van der Waals surface area contributed by atoms with Crippen molar-refractivity contribution in [3.05, 3.63) is 65.7 Å². The molecule has 0 saturated carbocycles. The number of hydrogen-bond acceptors (Lipinski definition) is 4. The number of carbonyl (C=O) groups is 1. The number of benzene rings is 2. The van der Waals surface area contributed by atoms with Crippen molar-refractivity contribution in [2.75, 3.05) is 13.2 Å². The molecular formula is C22H25N3O2S. The van der Waals surface area contributed by atoms with E-state index in [-0.39, 0.29) is 5.91 Å². The molecular weight excluding hydrogens is 370 g/mol. The van der Waals surface area contributed by atoms with Gasteiger partial charge in [0.15, 0.2) is 5.11 Å². The molecule has 0 atom stereocenters. The molecule has 0 aliphatic heterocycles. The molecule has 28 heavy (non-hydrogen) atoms. The molecule has 6 heteroatoms. The number of amides is 1. The first-order valence-corrected chi connectivity index (χ1v) is 9.79. The number of nitrogens with zero attached hydrogens (tertiary/aromatic N) is 2. The molecule has 0 aliphatic rings. The molecule has 0 bridgehead atoms. The van der Waals surface area contributed by atoms with Crippen LogP contribution in [0.2, 0.25) is 0 Å². The van der Waals surface area contributed by atoms with E-state index in [0.717, 1.165) is 24.2 Å². The van der Waals surface area contributed by atoms with E-state index in [9.17, 15) is 4.79 Å². The number of nitriles is 1. The molecule has 0 fully saturated rings. The molecule has 2 aromatic carbocycles. The first kappa shape index (κ1) is 21.4. The van der Waals surface area contributed by atoms with Crippen molar-refractivity contribution in [2.45, 2.75) is 32.7 Å². The highest BCUT2D eigenvalue weighted by Crippen LogP contribution is 2.15. The van der Waals surface area contributed by atoms with Gasteiger partial charge in [-0.25, -0.2) is 0 Å². The lowest BCUT2D eigenvalue weighted by atomic mass is 10.2. The predicted octanol–water partition coefficient (Wildman–Crippen LogP) is 4.30. The Balaban J connectivity index is 1.99. The summed E-state index contributed by atoms with van der Waals surface area (Å²) in [6, 6.07) is 18.9. The molecule has 2 aromatic rings. The van der Waals surface area contributed by atoms with Crippen molar-refractivity contribution in [1.82, 2.24) is 10.2 Å². The summed E-state index contributed by atoms with van der Waals surface area (Å²) in [5.41, 5.74) is 1.57. The van der Waals surface area contributed by atoms with Gasteiger partial charge in [-0.05, 0) is 48.5 Å². The van der Waals surface area contributed by atoms with E-state index >= 15 is 0 Å². The van der Waals surface area contributed by atoms with Crippen molar-refractivity contribution in [1.29, 1.82) is 5.26 Å². The number of thiocarbonyl (C=S) groups is 1. The number of rotatable bonds is 9.